The van der Waals surface area contributed by atoms with Gasteiger partial charge in [-0.1, -0.05) is 42.1 Å². The van der Waals surface area contributed by atoms with Gasteiger partial charge in [-0.3, -0.25) is 14.2 Å². The highest BCUT2D eigenvalue weighted by Gasteiger charge is 2.11. The number of ether oxygens (including phenoxy) is 1. The lowest BCUT2D eigenvalue weighted by Crippen LogP contribution is -2.22. The van der Waals surface area contributed by atoms with Crippen LogP contribution in [0.4, 0.5) is 5.69 Å². The van der Waals surface area contributed by atoms with Gasteiger partial charge in [0.25, 0.3) is 5.91 Å². The van der Waals surface area contributed by atoms with Crippen LogP contribution in [0.3, 0.4) is 0 Å². The number of thioether (sulfide) groups is 1. The number of rotatable bonds is 9. The molecule has 2 N–H and O–H groups in total. The lowest BCUT2D eigenvalue weighted by molar-refractivity contribution is -0.113. The standard InChI is InChI=1S/C26H24N4O3S/c1-33-23-13-9-21(10-14-23)29-24(31)18-34-26-27-15-16-30(26)22-11-7-20(8-12-22)25(32)28-17-19-5-3-2-4-6-19/h2-16H,17-18H2,1H3,(H,28,32)(H,29,31). The molecule has 2 amide bonds. The smallest absolute Gasteiger partial charge is 0.251 e. The minimum atomic E-state index is -0.133. The highest BCUT2D eigenvalue weighted by Crippen LogP contribution is 2.22. The van der Waals surface area contributed by atoms with Crippen molar-refractivity contribution in [1.82, 2.24) is 14.9 Å². The van der Waals surface area contributed by atoms with Crippen LogP contribution in [0.2, 0.25) is 0 Å². The molecule has 34 heavy (non-hydrogen) atoms. The van der Waals surface area contributed by atoms with Gasteiger partial charge in [-0.05, 0) is 54.1 Å². The Labute approximate surface area is 202 Å². The number of imidazole rings is 1. The second kappa shape index (κ2) is 11.2. The summed E-state index contributed by atoms with van der Waals surface area (Å²) in [7, 11) is 1.60. The third kappa shape index (κ3) is 6.05. The molecule has 4 aromatic rings. The van der Waals surface area contributed by atoms with Gasteiger partial charge in [-0.25, -0.2) is 4.98 Å². The van der Waals surface area contributed by atoms with Crippen molar-refractivity contribution in [3.05, 3.63) is 102 Å². The summed E-state index contributed by atoms with van der Waals surface area (Å²) in [5.41, 5.74) is 3.18. The van der Waals surface area contributed by atoms with Crippen LogP contribution in [0.1, 0.15) is 15.9 Å². The number of nitrogens with zero attached hydrogens (tertiary/aromatic N) is 2. The molecule has 0 bridgehead atoms. The van der Waals surface area contributed by atoms with E-state index in [2.05, 4.69) is 15.6 Å². The van der Waals surface area contributed by atoms with E-state index in [0.717, 1.165) is 17.0 Å². The Hall–Kier alpha value is -4.04. The molecule has 4 rings (SSSR count). The second-order valence-corrected chi connectivity index (χ2v) is 8.30. The van der Waals surface area contributed by atoms with E-state index < -0.39 is 0 Å². The molecule has 0 aliphatic heterocycles. The van der Waals surface area contributed by atoms with Gasteiger partial charge < -0.3 is 15.4 Å². The van der Waals surface area contributed by atoms with Gasteiger partial charge in [0.1, 0.15) is 5.75 Å². The minimum Gasteiger partial charge on any atom is -0.497 e. The van der Waals surface area contributed by atoms with Crippen LogP contribution < -0.4 is 15.4 Å². The fraction of sp³-hybridized carbons (Fsp3) is 0.115. The molecule has 0 fully saturated rings. The van der Waals surface area contributed by atoms with Crippen molar-refractivity contribution in [3.63, 3.8) is 0 Å². The van der Waals surface area contributed by atoms with Crippen LogP contribution in [0, 0.1) is 0 Å². The van der Waals surface area contributed by atoms with Crippen LogP contribution in [0.25, 0.3) is 5.69 Å². The summed E-state index contributed by atoms with van der Waals surface area (Å²) in [6.07, 6.45) is 3.51. The number of carbonyl (C=O) groups excluding carboxylic acids is 2. The van der Waals surface area contributed by atoms with Crippen LogP contribution in [-0.4, -0.2) is 34.2 Å². The van der Waals surface area contributed by atoms with E-state index in [1.165, 1.54) is 11.8 Å². The van der Waals surface area contributed by atoms with Crippen LogP contribution in [-0.2, 0) is 11.3 Å². The Morgan fingerprint density at radius 1 is 0.971 bits per heavy atom. The van der Waals surface area contributed by atoms with Gasteiger partial charge >= 0.3 is 0 Å². The maximum atomic E-state index is 12.5. The topological polar surface area (TPSA) is 85.2 Å². The first-order valence-corrected chi connectivity index (χ1v) is 11.6. The summed E-state index contributed by atoms with van der Waals surface area (Å²) in [4.78, 5) is 29.2. The SMILES string of the molecule is COc1ccc(NC(=O)CSc2nccn2-c2ccc(C(=O)NCc3ccccc3)cc2)cc1. The summed E-state index contributed by atoms with van der Waals surface area (Å²) in [6.45, 7) is 0.475. The highest BCUT2D eigenvalue weighted by atomic mass is 32.2. The highest BCUT2D eigenvalue weighted by molar-refractivity contribution is 7.99. The first kappa shape index (κ1) is 23.1. The van der Waals surface area contributed by atoms with Gasteiger partial charge in [-0.2, -0.15) is 0 Å². The fourth-order valence-corrected chi connectivity index (χ4v) is 4.02. The molecule has 1 heterocycles. The first-order valence-electron chi connectivity index (χ1n) is 10.6. The number of aromatic nitrogens is 2. The molecular formula is C26H24N4O3S. The average molecular weight is 473 g/mol. The predicted octanol–water partition coefficient (Wildman–Crippen LogP) is 4.54. The number of carbonyl (C=O) groups is 2. The molecule has 0 unspecified atom stereocenters. The van der Waals surface area contributed by atoms with Gasteiger partial charge in [0.05, 0.1) is 12.9 Å². The Morgan fingerprint density at radius 2 is 1.71 bits per heavy atom. The van der Waals surface area contributed by atoms with E-state index in [0.29, 0.717) is 23.0 Å². The molecule has 3 aromatic carbocycles. The largest absolute Gasteiger partial charge is 0.497 e. The molecule has 172 valence electrons. The molecule has 1 aromatic heterocycles. The molecule has 8 heteroatoms. The third-order valence-corrected chi connectivity index (χ3v) is 5.98. The molecule has 7 nitrogen and oxygen atoms in total. The Balaban J connectivity index is 1.33. The molecule has 0 spiro atoms. The van der Waals surface area contributed by atoms with Gasteiger partial charge in [-0.15, -0.1) is 0 Å². The minimum absolute atomic E-state index is 0.129. The van der Waals surface area contributed by atoms with E-state index in [-0.39, 0.29) is 17.6 Å². The summed E-state index contributed by atoms with van der Waals surface area (Å²) >= 11 is 1.34. The number of anilines is 1. The number of amides is 2. The van der Waals surface area contributed by atoms with Crippen molar-refractivity contribution in [1.29, 1.82) is 0 Å². The fourth-order valence-electron chi connectivity index (χ4n) is 3.25. The quantitative estimate of drug-likeness (QED) is 0.349. The van der Waals surface area contributed by atoms with Gasteiger partial charge in [0, 0.05) is 35.9 Å². The van der Waals surface area contributed by atoms with Gasteiger partial charge in [0.2, 0.25) is 5.91 Å². The predicted molar refractivity (Wildman–Crippen MR) is 134 cm³/mol. The Bertz CT molecular complexity index is 1240. The normalized spacial score (nSPS) is 10.5. The van der Waals surface area contributed by atoms with Crippen LogP contribution >= 0.6 is 11.8 Å². The maximum absolute atomic E-state index is 12.5. The van der Waals surface area contributed by atoms with Crippen molar-refractivity contribution >= 4 is 29.3 Å². The maximum Gasteiger partial charge on any atom is 0.251 e. The molecule has 0 saturated carbocycles. The van der Waals surface area contributed by atoms with Crippen LogP contribution in [0.5, 0.6) is 5.75 Å². The summed E-state index contributed by atoms with van der Waals surface area (Å²) in [5, 5.41) is 6.47. The summed E-state index contributed by atoms with van der Waals surface area (Å²) < 4.78 is 7.01. The average Bonchev–Trinajstić information content (AvgIpc) is 3.36. The molecule has 0 atom stereocenters. The molecular weight excluding hydrogens is 448 g/mol. The lowest BCUT2D eigenvalue weighted by Gasteiger charge is -2.10. The van der Waals surface area contributed by atoms with Crippen molar-refractivity contribution in [2.75, 3.05) is 18.2 Å². The van der Waals surface area contributed by atoms with E-state index >= 15 is 0 Å². The first-order chi connectivity index (χ1) is 16.6. The number of hydrogen-bond donors (Lipinski definition) is 2. The number of methoxy groups -OCH3 is 1. The molecule has 0 aliphatic rings. The summed E-state index contributed by atoms with van der Waals surface area (Å²) in [5.74, 6) is 0.679. The zero-order valence-corrected chi connectivity index (χ0v) is 19.4. The van der Waals surface area contributed by atoms with Crippen molar-refractivity contribution < 1.29 is 14.3 Å². The molecule has 0 saturated heterocycles. The van der Waals surface area contributed by atoms with Crippen molar-refractivity contribution in [2.45, 2.75) is 11.7 Å². The Morgan fingerprint density at radius 3 is 2.41 bits per heavy atom. The number of hydrogen-bond acceptors (Lipinski definition) is 5. The van der Waals surface area contributed by atoms with Gasteiger partial charge in [0.15, 0.2) is 5.16 Å². The number of nitrogens with one attached hydrogen (secondary N) is 2. The second-order valence-electron chi connectivity index (χ2n) is 7.36. The Kier molecular flexibility index (Phi) is 7.62. The lowest BCUT2D eigenvalue weighted by atomic mass is 10.1. The van der Waals surface area contributed by atoms with E-state index in [4.69, 9.17) is 4.74 Å². The zero-order chi connectivity index (χ0) is 23.8. The molecule has 0 radical (unpaired) electrons. The van der Waals surface area contributed by atoms with Crippen LogP contribution in [0.15, 0.2) is 96.4 Å². The monoisotopic (exact) mass is 472 g/mol. The third-order valence-electron chi connectivity index (χ3n) is 5.02. The van der Waals surface area contributed by atoms with E-state index in [9.17, 15) is 9.59 Å². The number of benzene rings is 3. The summed E-state index contributed by atoms with van der Waals surface area (Å²) in [6, 6.07) is 24.2. The molecule has 0 aliphatic carbocycles. The van der Waals surface area contributed by atoms with Crippen molar-refractivity contribution in [3.8, 4) is 11.4 Å². The van der Waals surface area contributed by atoms with Crippen molar-refractivity contribution in [2.24, 2.45) is 0 Å². The van der Waals surface area contributed by atoms with E-state index in [1.807, 2.05) is 53.2 Å². The van der Waals surface area contributed by atoms with E-state index in [1.54, 1.807) is 49.7 Å². The zero-order valence-electron chi connectivity index (χ0n) is 18.6.